The Labute approximate surface area is 147 Å². The predicted molar refractivity (Wildman–Crippen MR) is 95.8 cm³/mol. The van der Waals surface area contributed by atoms with Crippen molar-refractivity contribution in [3.05, 3.63) is 47.8 Å². The maximum Gasteiger partial charge on any atom is 0.237 e. The Kier molecular flexibility index (Phi) is 6.14. The van der Waals surface area contributed by atoms with E-state index in [0.717, 1.165) is 37.1 Å². The summed E-state index contributed by atoms with van der Waals surface area (Å²) in [5, 5.41) is 6.49. The maximum absolute atomic E-state index is 12.7. The third-order valence-electron chi connectivity index (χ3n) is 4.56. The fourth-order valence-corrected chi connectivity index (χ4v) is 3.29. The average molecular weight is 342 g/mol. The van der Waals surface area contributed by atoms with Crippen molar-refractivity contribution < 1.29 is 4.79 Å². The van der Waals surface area contributed by atoms with Crippen molar-refractivity contribution >= 4 is 5.91 Å². The molecule has 134 valence electrons. The van der Waals surface area contributed by atoms with Crippen molar-refractivity contribution in [1.29, 1.82) is 0 Å². The predicted octanol–water partition coefficient (Wildman–Crippen LogP) is 0.848. The first-order valence-corrected chi connectivity index (χ1v) is 8.93. The number of hydrogen-bond donors (Lipinski definition) is 4. The summed E-state index contributed by atoms with van der Waals surface area (Å²) in [5.74, 6) is -0.0143. The Morgan fingerprint density at radius 2 is 2.36 bits per heavy atom. The standard InChI is InChI=1S/C18H26N6O/c19-7-3-9-22-18(25)16(10-14-11-20-12-23-14)24-15-6-1-4-13-5-2-8-21-17(13)15/h2,5,8,11-12,15-16,24H,1,3-4,6-7,9-10,19H2,(H,20,23)(H,22,25). The average Bonchev–Trinajstić information content (AvgIpc) is 3.15. The monoisotopic (exact) mass is 342 g/mol. The number of nitrogens with one attached hydrogen (secondary N) is 3. The molecule has 5 N–H and O–H groups in total. The molecule has 0 aliphatic heterocycles. The lowest BCUT2D eigenvalue weighted by molar-refractivity contribution is -0.123. The molecule has 1 amide bonds. The number of imidazole rings is 1. The number of aryl methyl sites for hydroxylation is 1. The van der Waals surface area contributed by atoms with Crippen LogP contribution in [0.1, 0.15) is 42.3 Å². The van der Waals surface area contributed by atoms with Gasteiger partial charge in [-0.3, -0.25) is 15.1 Å². The number of aromatic amines is 1. The van der Waals surface area contributed by atoms with E-state index >= 15 is 0 Å². The zero-order valence-electron chi connectivity index (χ0n) is 14.4. The first kappa shape index (κ1) is 17.6. The molecule has 2 unspecified atom stereocenters. The first-order chi connectivity index (χ1) is 12.3. The number of rotatable bonds is 8. The van der Waals surface area contributed by atoms with Gasteiger partial charge in [0.25, 0.3) is 0 Å². The van der Waals surface area contributed by atoms with Gasteiger partial charge in [-0.25, -0.2) is 4.98 Å². The van der Waals surface area contributed by atoms with Gasteiger partial charge in [0, 0.05) is 25.4 Å². The molecule has 0 aromatic carbocycles. The summed E-state index contributed by atoms with van der Waals surface area (Å²) < 4.78 is 0. The topological polar surface area (TPSA) is 109 Å². The molecular weight excluding hydrogens is 316 g/mol. The van der Waals surface area contributed by atoms with Gasteiger partial charge in [-0.2, -0.15) is 0 Å². The fraction of sp³-hybridized carbons (Fsp3) is 0.500. The molecule has 2 aromatic heterocycles. The van der Waals surface area contributed by atoms with Crippen LogP contribution < -0.4 is 16.4 Å². The van der Waals surface area contributed by atoms with E-state index in [4.69, 9.17) is 5.73 Å². The van der Waals surface area contributed by atoms with Crippen LogP contribution in [-0.2, 0) is 17.6 Å². The lowest BCUT2D eigenvalue weighted by Crippen LogP contribution is -2.48. The Balaban J connectivity index is 1.72. The molecule has 1 aliphatic rings. The number of fused-ring (bicyclic) bond motifs is 1. The molecule has 2 aromatic rings. The zero-order valence-corrected chi connectivity index (χ0v) is 14.4. The molecule has 0 fully saturated rings. The summed E-state index contributed by atoms with van der Waals surface area (Å²) in [6.07, 6.45) is 9.73. The van der Waals surface area contributed by atoms with Crippen LogP contribution in [0.25, 0.3) is 0 Å². The van der Waals surface area contributed by atoms with E-state index in [9.17, 15) is 4.79 Å². The second-order valence-corrected chi connectivity index (χ2v) is 6.41. The van der Waals surface area contributed by atoms with Gasteiger partial charge in [0.1, 0.15) is 0 Å². The molecule has 0 saturated carbocycles. The van der Waals surface area contributed by atoms with Crippen LogP contribution in [0.2, 0.25) is 0 Å². The molecule has 7 nitrogen and oxygen atoms in total. The molecule has 0 spiro atoms. The molecule has 0 radical (unpaired) electrons. The van der Waals surface area contributed by atoms with Gasteiger partial charge in [0.2, 0.25) is 5.91 Å². The number of H-pyrrole nitrogens is 1. The van der Waals surface area contributed by atoms with Gasteiger partial charge >= 0.3 is 0 Å². The Morgan fingerprint density at radius 3 is 3.16 bits per heavy atom. The molecule has 25 heavy (non-hydrogen) atoms. The third-order valence-corrected chi connectivity index (χ3v) is 4.56. The smallest absolute Gasteiger partial charge is 0.237 e. The van der Waals surface area contributed by atoms with Gasteiger partial charge in [-0.05, 0) is 43.9 Å². The van der Waals surface area contributed by atoms with Crippen LogP contribution >= 0.6 is 0 Å². The van der Waals surface area contributed by atoms with Crippen LogP contribution in [0.3, 0.4) is 0 Å². The van der Waals surface area contributed by atoms with Crippen molar-refractivity contribution in [2.75, 3.05) is 13.1 Å². The SMILES string of the molecule is NCCCNC(=O)C(Cc1c[nH]cn1)NC1CCCc2cccnc21. The second-order valence-electron chi connectivity index (χ2n) is 6.41. The van der Waals surface area contributed by atoms with Gasteiger partial charge in [-0.1, -0.05) is 6.07 Å². The van der Waals surface area contributed by atoms with Crippen LogP contribution in [0.15, 0.2) is 30.9 Å². The molecule has 7 heteroatoms. The van der Waals surface area contributed by atoms with E-state index in [2.05, 4.69) is 31.7 Å². The van der Waals surface area contributed by atoms with Crippen LogP contribution in [0.5, 0.6) is 0 Å². The highest BCUT2D eigenvalue weighted by atomic mass is 16.2. The normalized spacial score (nSPS) is 17.7. The lowest BCUT2D eigenvalue weighted by atomic mass is 9.91. The lowest BCUT2D eigenvalue weighted by Gasteiger charge is -2.29. The van der Waals surface area contributed by atoms with Gasteiger partial charge in [0.05, 0.1) is 29.8 Å². The quantitative estimate of drug-likeness (QED) is 0.532. The number of amides is 1. The van der Waals surface area contributed by atoms with Crippen molar-refractivity contribution in [1.82, 2.24) is 25.6 Å². The largest absolute Gasteiger partial charge is 0.355 e. The van der Waals surface area contributed by atoms with E-state index < -0.39 is 0 Å². The minimum Gasteiger partial charge on any atom is -0.355 e. The van der Waals surface area contributed by atoms with Crippen LogP contribution in [0, 0.1) is 0 Å². The number of nitrogens with two attached hydrogens (primary N) is 1. The van der Waals surface area contributed by atoms with E-state index in [-0.39, 0.29) is 18.0 Å². The van der Waals surface area contributed by atoms with Gasteiger partial charge < -0.3 is 16.0 Å². The second kappa shape index (κ2) is 8.73. The summed E-state index contributed by atoms with van der Waals surface area (Å²) in [6, 6.07) is 3.84. The van der Waals surface area contributed by atoms with Crippen LogP contribution in [0.4, 0.5) is 0 Å². The Bertz CT molecular complexity index is 672. The molecule has 2 heterocycles. The number of hydrogen-bond acceptors (Lipinski definition) is 5. The minimum atomic E-state index is -0.348. The maximum atomic E-state index is 12.7. The first-order valence-electron chi connectivity index (χ1n) is 8.93. The molecule has 3 rings (SSSR count). The van der Waals surface area contributed by atoms with Crippen LogP contribution in [-0.4, -0.2) is 40.0 Å². The summed E-state index contributed by atoms with van der Waals surface area (Å²) in [5.41, 5.74) is 8.71. The van der Waals surface area contributed by atoms with Gasteiger partial charge in [0.15, 0.2) is 0 Å². The summed E-state index contributed by atoms with van der Waals surface area (Å²) in [7, 11) is 0. The van der Waals surface area contributed by atoms with Crippen molar-refractivity contribution in [2.24, 2.45) is 5.73 Å². The molecular formula is C18H26N6O. The number of carbonyl (C=O) groups is 1. The van der Waals surface area contributed by atoms with Crippen molar-refractivity contribution in [3.8, 4) is 0 Å². The number of pyridine rings is 1. The van der Waals surface area contributed by atoms with Crippen molar-refractivity contribution in [3.63, 3.8) is 0 Å². The Morgan fingerprint density at radius 1 is 1.44 bits per heavy atom. The fourth-order valence-electron chi connectivity index (χ4n) is 3.29. The van der Waals surface area contributed by atoms with E-state index in [1.165, 1.54) is 5.56 Å². The molecule has 0 saturated heterocycles. The summed E-state index contributed by atoms with van der Waals surface area (Å²) in [4.78, 5) is 24.4. The Hall–Kier alpha value is -2.25. The van der Waals surface area contributed by atoms with Gasteiger partial charge in [-0.15, -0.1) is 0 Å². The number of carbonyl (C=O) groups excluding carboxylic acids is 1. The number of aromatic nitrogens is 3. The van der Waals surface area contributed by atoms with E-state index in [1.54, 1.807) is 6.33 Å². The number of nitrogens with zero attached hydrogens (tertiary/aromatic N) is 2. The van der Waals surface area contributed by atoms with Crippen molar-refractivity contribution in [2.45, 2.75) is 44.2 Å². The summed E-state index contributed by atoms with van der Waals surface area (Å²) >= 11 is 0. The van der Waals surface area contributed by atoms with E-state index in [1.807, 2.05) is 18.5 Å². The highest BCUT2D eigenvalue weighted by Crippen LogP contribution is 2.28. The highest BCUT2D eigenvalue weighted by Gasteiger charge is 2.27. The highest BCUT2D eigenvalue weighted by molar-refractivity contribution is 5.82. The molecule has 2 atom stereocenters. The zero-order chi connectivity index (χ0) is 17.5. The molecule has 0 bridgehead atoms. The minimum absolute atomic E-state index is 0.0143. The summed E-state index contributed by atoms with van der Waals surface area (Å²) in [6.45, 7) is 1.16. The third kappa shape index (κ3) is 4.64. The van der Waals surface area contributed by atoms with E-state index in [0.29, 0.717) is 19.5 Å². The molecule has 1 aliphatic carbocycles.